The molecule has 4 heteroatoms. The maximum Gasteiger partial charge on any atom is 0.163 e. The number of rotatable bonds is 1. The second-order valence-electron chi connectivity index (χ2n) is 4.73. The Bertz CT molecular complexity index is 200. The Morgan fingerprint density at radius 1 is 0.786 bits per heavy atom. The summed E-state index contributed by atoms with van der Waals surface area (Å²) in [5, 5.41) is 0. The summed E-state index contributed by atoms with van der Waals surface area (Å²) >= 11 is 0. The molecule has 2 atom stereocenters. The lowest BCUT2D eigenvalue weighted by molar-refractivity contribution is -0.174. The van der Waals surface area contributed by atoms with E-state index in [9.17, 15) is 0 Å². The minimum absolute atomic E-state index is 0.00762. The van der Waals surface area contributed by atoms with Crippen molar-refractivity contribution in [2.45, 2.75) is 51.5 Å². The second kappa shape index (κ2) is 3.17. The molecule has 4 nitrogen and oxygen atoms in total. The highest BCUT2D eigenvalue weighted by Gasteiger charge is 2.44. The summed E-state index contributed by atoms with van der Waals surface area (Å²) in [4.78, 5) is 0. The van der Waals surface area contributed by atoms with E-state index in [0.29, 0.717) is 13.2 Å². The van der Waals surface area contributed by atoms with Crippen LogP contribution < -0.4 is 0 Å². The molecule has 82 valence electrons. The quantitative estimate of drug-likeness (QED) is 0.642. The molecule has 0 radical (unpaired) electrons. The first-order valence-corrected chi connectivity index (χ1v) is 5.02. The van der Waals surface area contributed by atoms with E-state index in [4.69, 9.17) is 18.9 Å². The summed E-state index contributed by atoms with van der Waals surface area (Å²) in [6, 6.07) is 0. The predicted octanol–water partition coefficient (Wildman–Crippen LogP) is 1.29. The summed E-state index contributed by atoms with van der Waals surface area (Å²) in [5.74, 6) is -0.971. The molecule has 0 aliphatic carbocycles. The molecule has 0 aromatic heterocycles. The van der Waals surface area contributed by atoms with Crippen molar-refractivity contribution in [2.24, 2.45) is 0 Å². The van der Waals surface area contributed by atoms with Gasteiger partial charge in [-0.05, 0) is 27.7 Å². The molecule has 0 saturated carbocycles. The van der Waals surface area contributed by atoms with Crippen molar-refractivity contribution < 1.29 is 18.9 Å². The fraction of sp³-hybridized carbons (Fsp3) is 1.00. The molecule has 0 aromatic rings. The number of ether oxygens (including phenoxy) is 4. The van der Waals surface area contributed by atoms with Gasteiger partial charge in [0.2, 0.25) is 0 Å². The highest BCUT2D eigenvalue weighted by molar-refractivity contribution is 4.83. The largest absolute Gasteiger partial charge is 0.348 e. The zero-order chi connectivity index (χ0) is 10.4. The van der Waals surface area contributed by atoms with Gasteiger partial charge in [-0.25, -0.2) is 0 Å². The molecule has 2 rings (SSSR count). The van der Waals surface area contributed by atoms with Gasteiger partial charge in [0.15, 0.2) is 11.6 Å². The molecule has 0 bridgehead atoms. The van der Waals surface area contributed by atoms with Crippen molar-refractivity contribution >= 4 is 0 Å². The van der Waals surface area contributed by atoms with Crippen LogP contribution in [0.25, 0.3) is 0 Å². The molecule has 2 saturated heterocycles. The highest BCUT2D eigenvalue weighted by Crippen LogP contribution is 2.31. The van der Waals surface area contributed by atoms with Crippen molar-refractivity contribution in [2.75, 3.05) is 13.2 Å². The Labute approximate surface area is 84.5 Å². The van der Waals surface area contributed by atoms with Crippen LogP contribution in [0.5, 0.6) is 0 Å². The standard InChI is InChI=1S/C10H18O4/c1-9(2)11-5-7(13-9)8-6-12-10(3,4)14-8/h7-8H,5-6H2,1-4H3. The molecule has 14 heavy (non-hydrogen) atoms. The van der Waals surface area contributed by atoms with Crippen molar-refractivity contribution in [3.63, 3.8) is 0 Å². The van der Waals surface area contributed by atoms with Crippen LogP contribution in [0, 0.1) is 0 Å². The van der Waals surface area contributed by atoms with Gasteiger partial charge in [-0.2, -0.15) is 0 Å². The van der Waals surface area contributed by atoms with Crippen LogP contribution in [0.3, 0.4) is 0 Å². The second-order valence-corrected chi connectivity index (χ2v) is 4.73. The van der Waals surface area contributed by atoms with Gasteiger partial charge in [0.1, 0.15) is 12.2 Å². The molecule has 0 N–H and O–H groups in total. The maximum atomic E-state index is 5.70. The SMILES string of the molecule is CC1(C)OCC(C2COC(C)(C)O2)O1. The van der Waals surface area contributed by atoms with E-state index in [-0.39, 0.29) is 12.2 Å². The van der Waals surface area contributed by atoms with Crippen molar-refractivity contribution in [1.82, 2.24) is 0 Å². The van der Waals surface area contributed by atoms with Gasteiger partial charge in [-0.15, -0.1) is 0 Å². The Kier molecular flexibility index (Phi) is 2.34. The fourth-order valence-corrected chi connectivity index (χ4v) is 1.80. The molecular formula is C10H18O4. The number of hydrogen-bond donors (Lipinski definition) is 0. The van der Waals surface area contributed by atoms with Gasteiger partial charge in [0.25, 0.3) is 0 Å². The van der Waals surface area contributed by atoms with Gasteiger partial charge in [-0.1, -0.05) is 0 Å². The molecule has 0 spiro atoms. The van der Waals surface area contributed by atoms with Crippen LogP contribution >= 0.6 is 0 Å². The minimum atomic E-state index is -0.485. The van der Waals surface area contributed by atoms with E-state index in [1.54, 1.807) is 0 Å². The van der Waals surface area contributed by atoms with E-state index in [1.165, 1.54) is 0 Å². The van der Waals surface area contributed by atoms with E-state index in [0.717, 1.165) is 0 Å². The normalized spacial score (nSPS) is 40.3. The first-order chi connectivity index (χ1) is 6.38. The van der Waals surface area contributed by atoms with Crippen LogP contribution in [-0.2, 0) is 18.9 Å². The fourth-order valence-electron chi connectivity index (χ4n) is 1.80. The zero-order valence-electron chi connectivity index (χ0n) is 9.20. The van der Waals surface area contributed by atoms with Crippen molar-refractivity contribution in [3.05, 3.63) is 0 Å². The van der Waals surface area contributed by atoms with Crippen LogP contribution in [0.15, 0.2) is 0 Å². The van der Waals surface area contributed by atoms with Crippen molar-refractivity contribution in [3.8, 4) is 0 Å². The van der Waals surface area contributed by atoms with Gasteiger partial charge >= 0.3 is 0 Å². The average Bonchev–Trinajstić information content (AvgIpc) is 2.54. The Hall–Kier alpha value is -0.160. The average molecular weight is 202 g/mol. The summed E-state index contributed by atoms with van der Waals surface area (Å²) in [6.07, 6.45) is -0.0152. The summed E-state index contributed by atoms with van der Waals surface area (Å²) < 4.78 is 22.3. The zero-order valence-corrected chi connectivity index (χ0v) is 9.20. The molecule has 2 aliphatic heterocycles. The van der Waals surface area contributed by atoms with E-state index in [2.05, 4.69) is 0 Å². The molecule has 0 aromatic carbocycles. The predicted molar refractivity (Wildman–Crippen MR) is 49.8 cm³/mol. The molecular weight excluding hydrogens is 184 g/mol. The monoisotopic (exact) mass is 202 g/mol. The first-order valence-electron chi connectivity index (χ1n) is 5.02. The van der Waals surface area contributed by atoms with Gasteiger partial charge in [0.05, 0.1) is 13.2 Å². The molecule has 2 unspecified atom stereocenters. The maximum absolute atomic E-state index is 5.70. The third-order valence-corrected chi connectivity index (χ3v) is 2.48. The third-order valence-electron chi connectivity index (χ3n) is 2.48. The van der Waals surface area contributed by atoms with E-state index in [1.807, 2.05) is 27.7 Å². The van der Waals surface area contributed by atoms with Crippen LogP contribution in [0.2, 0.25) is 0 Å². The Morgan fingerprint density at radius 3 is 1.36 bits per heavy atom. The van der Waals surface area contributed by atoms with Gasteiger partial charge in [0, 0.05) is 0 Å². The Balaban J connectivity index is 1.93. The minimum Gasteiger partial charge on any atom is -0.348 e. The summed E-state index contributed by atoms with van der Waals surface area (Å²) in [6.45, 7) is 8.80. The third kappa shape index (κ3) is 2.08. The molecule has 2 heterocycles. The topological polar surface area (TPSA) is 36.9 Å². The van der Waals surface area contributed by atoms with Crippen LogP contribution in [-0.4, -0.2) is 37.0 Å². The smallest absolute Gasteiger partial charge is 0.163 e. The number of hydrogen-bond acceptors (Lipinski definition) is 4. The highest BCUT2D eigenvalue weighted by atomic mass is 16.8. The van der Waals surface area contributed by atoms with Gasteiger partial charge < -0.3 is 18.9 Å². The van der Waals surface area contributed by atoms with Crippen LogP contribution in [0.1, 0.15) is 27.7 Å². The lowest BCUT2D eigenvalue weighted by Gasteiger charge is -2.21. The Morgan fingerprint density at radius 2 is 1.14 bits per heavy atom. The molecule has 2 aliphatic rings. The van der Waals surface area contributed by atoms with Crippen molar-refractivity contribution in [1.29, 1.82) is 0 Å². The summed E-state index contributed by atoms with van der Waals surface area (Å²) in [7, 11) is 0. The van der Waals surface area contributed by atoms with E-state index < -0.39 is 11.6 Å². The van der Waals surface area contributed by atoms with E-state index >= 15 is 0 Å². The molecule has 0 amide bonds. The lowest BCUT2D eigenvalue weighted by Crippen LogP contribution is -2.34. The lowest BCUT2D eigenvalue weighted by atomic mass is 10.2. The summed E-state index contributed by atoms with van der Waals surface area (Å²) in [5.41, 5.74) is 0. The molecule has 2 fully saturated rings. The first kappa shape index (κ1) is 10.4. The van der Waals surface area contributed by atoms with Gasteiger partial charge in [-0.3, -0.25) is 0 Å². The van der Waals surface area contributed by atoms with Crippen LogP contribution in [0.4, 0.5) is 0 Å².